The highest BCUT2D eigenvalue weighted by Crippen LogP contribution is 2.61. The molecule has 0 aromatic heterocycles. The molecule has 0 N–H and O–H groups in total. The fourth-order valence-electron chi connectivity index (χ4n) is 4.79. The van der Waals surface area contributed by atoms with Gasteiger partial charge in [0.15, 0.2) is 0 Å². The third kappa shape index (κ3) is 2.33. The normalized spacial score (nSPS) is 19.2. The van der Waals surface area contributed by atoms with E-state index >= 15 is 0 Å². The van der Waals surface area contributed by atoms with Gasteiger partial charge in [0.05, 0.1) is 14.2 Å². The van der Waals surface area contributed by atoms with Crippen molar-refractivity contribution < 1.29 is 9.47 Å². The quantitative estimate of drug-likeness (QED) is 0.521. The molecule has 5 rings (SSSR count). The van der Waals surface area contributed by atoms with Crippen LogP contribution in [0, 0.1) is 0 Å². The molecule has 0 radical (unpaired) electrons. The summed E-state index contributed by atoms with van der Waals surface area (Å²) in [6, 6.07) is 21.0. The second-order valence-electron chi connectivity index (χ2n) is 7.21. The first-order valence-corrected chi connectivity index (χ1v) is 9.44. The Labute approximate surface area is 160 Å². The number of hydrogen-bond donors (Lipinski definition) is 0. The zero-order valence-electron chi connectivity index (χ0n) is 15.6. The topological polar surface area (TPSA) is 18.5 Å². The lowest BCUT2D eigenvalue weighted by Gasteiger charge is -2.26. The average Bonchev–Trinajstić information content (AvgIpc) is 3.35. The van der Waals surface area contributed by atoms with Crippen LogP contribution in [0.3, 0.4) is 0 Å². The molecular formula is C25H22O2. The Hall–Kier alpha value is -3.00. The maximum atomic E-state index is 6.07. The van der Waals surface area contributed by atoms with Crippen LogP contribution in [-0.2, 0) is 0 Å². The van der Waals surface area contributed by atoms with Crippen LogP contribution in [0.25, 0.3) is 22.3 Å². The van der Waals surface area contributed by atoms with Gasteiger partial charge in [-0.1, -0.05) is 72.8 Å². The minimum Gasteiger partial charge on any atom is -0.496 e. The van der Waals surface area contributed by atoms with Gasteiger partial charge in [0.1, 0.15) is 11.5 Å². The summed E-state index contributed by atoms with van der Waals surface area (Å²) in [7, 11) is 3.58. The number of hydrogen-bond acceptors (Lipinski definition) is 2. The summed E-state index contributed by atoms with van der Waals surface area (Å²) in [6.45, 7) is 0. The van der Waals surface area contributed by atoms with Crippen LogP contribution in [0.4, 0.5) is 0 Å². The zero-order chi connectivity index (χ0) is 18.4. The lowest BCUT2D eigenvalue weighted by atomic mass is 9.84. The largest absolute Gasteiger partial charge is 0.496 e. The van der Waals surface area contributed by atoms with E-state index in [1.807, 2.05) is 12.1 Å². The van der Waals surface area contributed by atoms with E-state index in [1.54, 1.807) is 14.2 Å². The van der Waals surface area contributed by atoms with E-state index in [0.29, 0.717) is 11.8 Å². The summed E-state index contributed by atoms with van der Waals surface area (Å²) >= 11 is 0. The lowest BCUT2D eigenvalue weighted by molar-refractivity contribution is 0.399. The molecule has 0 saturated heterocycles. The van der Waals surface area contributed by atoms with Crippen molar-refractivity contribution in [3.05, 3.63) is 83.9 Å². The second-order valence-corrected chi connectivity index (χ2v) is 7.21. The third-order valence-electron chi connectivity index (χ3n) is 5.84. The van der Waals surface area contributed by atoms with Gasteiger partial charge in [-0.15, -0.1) is 0 Å². The first kappa shape index (κ1) is 16.2. The minimum absolute atomic E-state index is 0.418. The molecule has 0 spiro atoms. The highest BCUT2D eigenvalue weighted by atomic mass is 16.5. The van der Waals surface area contributed by atoms with Crippen molar-refractivity contribution in [1.82, 2.24) is 0 Å². The van der Waals surface area contributed by atoms with Crippen molar-refractivity contribution in [2.75, 3.05) is 14.2 Å². The highest BCUT2D eigenvalue weighted by Gasteiger charge is 2.41. The Kier molecular flexibility index (Phi) is 3.78. The van der Waals surface area contributed by atoms with E-state index in [2.05, 4.69) is 60.7 Å². The molecule has 3 aromatic carbocycles. The standard InChI is InChI=1S/C25H22O2/c1-26-24-20(16-9-5-3-6-10-16)21(17-11-7-4-8-12-17)25(27-2)23-19-14-13-18(15-19)22(23)24/h3-14,18-19H,15H2,1-2H3/t18-,19+. The Bertz CT molecular complexity index is 937. The smallest absolute Gasteiger partial charge is 0.131 e. The lowest BCUT2D eigenvalue weighted by Crippen LogP contribution is -2.06. The zero-order valence-corrected chi connectivity index (χ0v) is 15.6. The molecule has 2 heteroatoms. The maximum Gasteiger partial charge on any atom is 0.131 e. The predicted octanol–water partition coefficient (Wildman–Crippen LogP) is 6.18. The molecule has 2 nitrogen and oxygen atoms in total. The summed E-state index contributed by atoms with van der Waals surface area (Å²) in [5, 5.41) is 0. The van der Waals surface area contributed by atoms with E-state index in [-0.39, 0.29) is 0 Å². The molecule has 27 heavy (non-hydrogen) atoms. The van der Waals surface area contributed by atoms with Gasteiger partial charge in [-0.2, -0.15) is 0 Å². The van der Waals surface area contributed by atoms with Gasteiger partial charge >= 0.3 is 0 Å². The molecule has 3 aromatic rings. The van der Waals surface area contributed by atoms with E-state index in [4.69, 9.17) is 9.47 Å². The molecule has 0 heterocycles. The van der Waals surface area contributed by atoms with Crippen molar-refractivity contribution in [3.63, 3.8) is 0 Å². The van der Waals surface area contributed by atoms with E-state index in [0.717, 1.165) is 40.2 Å². The van der Waals surface area contributed by atoms with Crippen molar-refractivity contribution in [3.8, 4) is 33.8 Å². The summed E-state index contributed by atoms with van der Waals surface area (Å²) in [4.78, 5) is 0. The van der Waals surface area contributed by atoms with E-state index < -0.39 is 0 Å². The van der Waals surface area contributed by atoms with Gasteiger partial charge < -0.3 is 9.47 Å². The number of rotatable bonds is 4. The van der Waals surface area contributed by atoms with Crippen molar-refractivity contribution in [2.24, 2.45) is 0 Å². The average molecular weight is 354 g/mol. The summed E-state index contributed by atoms with van der Waals surface area (Å²) in [5.74, 6) is 2.82. The summed E-state index contributed by atoms with van der Waals surface area (Å²) in [5.41, 5.74) is 7.17. The Morgan fingerprint density at radius 2 is 1.04 bits per heavy atom. The molecule has 0 fully saturated rings. The molecule has 0 amide bonds. The summed E-state index contributed by atoms with van der Waals surface area (Å²) < 4.78 is 12.1. The van der Waals surface area contributed by atoms with Crippen LogP contribution in [0.2, 0.25) is 0 Å². The monoisotopic (exact) mass is 354 g/mol. The van der Waals surface area contributed by atoms with Crippen LogP contribution in [-0.4, -0.2) is 14.2 Å². The molecule has 134 valence electrons. The van der Waals surface area contributed by atoms with Crippen molar-refractivity contribution in [2.45, 2.75) is 18.3 Å². The number of allylic oxidation sites excluding steroid dienone is 2. The Balaban J connectivity index is 1.93. The molecule has 0 aliphatic heterocycles. The van der Waals surface area contributed by atoms with Crippen LogP contribution in [0.5, 0.6) is 11.5 Å². The van der Waals surface area contributed by atoms with Crippen molar-refractivity contribution >= 4 is 0 Å². The van der Waals surface area contributed by atoms with Gasteiger partial charge in [0.2, 0.25) is 0 Å². The SMILES string of the molecule is COc1c(-c2ccccc2)c(-c2ccccc2)c(OC)c2c1[C@@H]1C=C[C@H]2C1. The summed E-state index contributed by atoms with van der Waals surface area (Å²) in [6.07, 6.45) is 5.77. The van der Waals surface area contributed by atoms with Gasteiger partial charge in [0, 0.05) is 34.1 Å². The molecule has 2 atom stereocenters. The van der Waals surface area contributed by atoms with Crippen LogP contribution in [0.15, 0.2) is 72.8 Å². The predicted molar refractivity (Wildman–Crippen MR) is 110 cm³/mol. The fraction of sp³-hybridized carbons (Fsp3) is 0.200. The Morgan fingerprint density at radius 3 is 1.41 bits per heavy atom. The first-order chi connectivity index (χ1) is 13.3. The number of fused-ring (bicyclic) bond motifs is 5. The molecular weight excluding hydrogens is 332 g/mol. The van der Waals surface area contributed by atoms with Gasteiger partial charge in [-0.3, -0.25) is 0 Å². The van der Waals surface area contributed by atoms with E-state index in [9.17, 15) is 0 Å². The van der Waals surface area contributed by atoms with Gasteiger partial charge in [-0.25, -0.2) is 0 Å². The number of ether oxygens (including phenoxy) is 2. The highest BCUT2D eigenvalue weighted by molar-refractivity contribution is 5.95. The molecule has 2 bridgehead atoms. The van der Waals surface area contributed by atoms with Crippen LogP contribution in [0.1, 0.15) is 29.4 Å². The minimum atomic E-state index is 0.418. The van der Waals surface area contributed by atoms with Crippen molar-refractivity contribution in [1.29, 1.82) is 0 Å². The molecule has 0 saturated carbocycles. The number of benzene rings is 3. The first-order valence-electron chi connectivity index (χ1n) is 9.44. The Morgan fingerprint density at radius 1 is 0.630 bits per heavy atom. The fourth-order valence-corrected chi connectivity index (χ4v) is 4.79. The maximum absolute atomic E-state index is 6.07. The van der Waals surface area contributed by atoms with Crippen LogP contribution >= 0.6 is 0 Å². The number of methoxy groups -OCH3 is 2. The van der Waals surface area contributed by atoms with Gasteiger partial charge in [0.25, 0.3) is 0 Å². The third-order valence-corrected chi connectivity index (χ3v) is 5.84. The molecule has 2 aliphatic rings. The van der Waals surface area contributed by atoms with Gasteiger partial charge in [-0.05, 0) is 17.5 Å². The van der Waals surface area contributed by atoms with Crippen LogP contribution < -0.4 is 9.47 Å². The molecule has 0 unspecified atom stereocenters. The second kappa shape index (κ2) is 6.31. The molecule has 2 aliphatic carbocycles. The van der Waals surface area contributed by atoms with E-state index in [1.165, 1.54) is 11.1 Å².